The Morgan fingerprint density at radius 2 is 1.61 bits per heavy atom. The Labute approximate surface area is 224 Å². The summed E-state index contributed by atoms with van der Waals surface area (Å²) in [6.07, 6.45) is 0. The van der Waals surface area contributed by atoms with Gasteiger partial charge in [0.2, 0.25) is 5.91 Å². The second-order valence-corrected chi connectivity index (χ2v) is 11.2. The highest BCUT2D eigenvalue weighted by molar-refractivity contribution is 7.99. The first-order valence-electron chi connectivity index (χ1n) is 11.7. The van der Waals surface area contributed by atoms with Crippen molar-refractivity contribution in [1.29, 1.82) is 0 Å². The molecular weight excluding hydrogens is 527 g/mol. The molecule has 4 aromatic carbocycles. The molecule has 1 aliphatic rings. The van der Waals surface area contributed by atoms with Crippen molar-refractivity contribution in [3.05, 3.63) is 103 Å². The van der Waals surface area contributed by atoms with Gasteiger partial charge in [0.25, 0.3) is 10.0 Å². The summed E-state index contributed by atoms with van der Waals surface area (Å²) in [5.74, 6) is -0.503. The zero-order chi connectivity index (χ0) is 26.5. The van der Waals surface area contributed by atoms with Crippen molar-refractivity contribution in [2.45, 2.75) is 14.7 Å². The summed E-state index contributed by atoms with van der Waals surface area (Å²) in [5.41, 5.74) is 0.546. The molecule has 10 heteroatoms. The number of para-hydroxylation sites is 1. The molecule has 0 saturated carbocycles. The first kappa shape index (κ1) is 25.6. The predicted molar refractivity (Wildman–Crippen MR) is 144 cm³/mol. The van der Waals surface area contributed by atoms with Gasteiger partial charge < -0.3 is 14.8 Å². The zero-order valence-corrected chi connectivity index (χ0v) is 21.7. The van der Waals surface area contributed by atoms with Gasteiger partial charge in [-0.1, -0.05) is 48.2 Å². The van der Waals surface area contributed by atoms with Gasteiger partial charge in [0.05, 0.1) is 16.3 Å². The van der Waals surface area contributed by atoms with Crippen LogP contribution in [0.3, 0.4) is 0 Å². The number of sulfonamides is 1. The molecule has 0 unspecified atom stereocenters. The standard InChI is InChI=1S/C28H23FN2O5S2/c29-20-7-6-8-21(17-20)31(38(33,34)23-13-14-25-26(18-23)36-16-15-35-25)19-28(32)30-24-11-4-5-12-27(24)37-22-9-2-1-3-10-22/h1-14,17-18H,15-16,19H2,(H,30,32). The SMILES string of the molecule is O=C(CN(c1cccc(F)c1)S(=O)(=O)c1ccc2c(c1)OCCO2)Nc1ccccc1Sc1ccccc1. The lowest BCUT2D eigenvalue weighted by Gasteiger charge is -2.25. The summed E-state index contributed by atoms with van der Waals surface area (Å²) >= 11 is 1.47. The highest BCUT2D eigenvalue weighted by Crippen LogP contribution is 2.35. The first-order valence-corrected chi connectivity index (χ1v) is 14.0. The van der Waals surface area contributed by atoms with Crippen molar-refractivity contribution < 1.29 is 27.1 Å². The lowest BCUT2D eigenvalue weighted by atomic mass is 10.3. The number of fused-ring (bicyclic) bond motifs is 1. The van der Waals surface area contributed by atoms with E-state index < -0.39 is 28.3 Å². The van der Waals surface area contributed by atoms with Crippen molar-refractivity contribution >= 4 is 39.1 Å². The molecule has 4 aromatic rings. The maximum Gasteiger partial charge on any atom is 0.264 e. The Kier molecular flexibility index (Phi) is 7.52. The van der Waals surface area contributed by atoms with E-state index in [2.05, 4.69) is 5.32 Å². The van der Waals surface area contributed by atoms with Gasteiger partial charge in [-0.15, -0.1) is 0 Å². The molecule has 0 bridgehead atoms. The number of hydrogen-bond donors (Lipinski definition) is 1. The van der Waals surface area contributed by atoms with Gasteiger partial charge in [-0.25, -0.2) is 12.8 Å². The van der Waals surface area contributed by atoms with Gasteiger partial charge in [0, 0.05) is 15.9 Å². The van der Waals surface area contributed by atoms with Crippen molar-refractivity contribution in [3.8, 4) is 11.5 Å². The van der Waals surface area contributed by atoms with Gasteiger partial charge in [-0.3, -0.25) is 9.10 Å². The van der Waals surface area contributed by atoms with Crippen molar-refractivity contribution in [2.24, 2.45) is 0 Å². The molecule has 0 aromatic heterocycles. The number of carbonyl (C=O) groups excluding carboxylic acids is 1. The van der Waals surface area contributed by atoms with E-state index in [0.717, 1.165) is 20.2 Å². The van der Waals surface area contributed by atoms with Crippen LogP contribution >= 0.6 is 11.8 Å². The van der Waals surface area contributed by atoms with Crippen LogP contribution < -0.4 is 19.1 Å². The Balaban J connectivity index is 1.44. The molecule has 194 valence electrons. The second-order valence-electron chi connectivity index (χ2n) is 8.26. The van der Waals surface area contributed by atoms with E-state index in [9.17, 15) is 17.6 Å². The fourth-order valence-electron chi connectivity index (χ4n) is 3.85. The van der Waals surface area contributed by atoms with E-state index in [-0.39, 0.29) is 22.9 Å². The average Bonchev–Trinajstić information content (AvgIpc) is 2.93. The third-order valence-corrected chi connectivity index (χ3v) is 8.47. The molecule has 5 rings (SSSR count). The molecule has 0 saturated heterocycles. The van der Waals surface area contributed by atoms with E-state index in [1.165, 1.54) is 48.2 Å². The van der Waals surface area contributed by atoms with E-state index in [1.54, 1.807) is 12.1 Å². The third kappa shape index (κ3) is 5.76. The van der Waals surface area contributed by atoms with Crippen LogP contribution in [-0.4, -0.2) is 34.1 Å². The second kappa shape index (κ2) is 11.2. The van der Waals surface area contributed by atoms with Crippen LogP contribution in [-0.2, 0) is 14.8 Å². The number of nitrogens with zero attached hydrogens (tertiary/aromatic N) is 1. The van der Waals surface area contributed by atoms with Gasteiger partial charge in [-0.05, 0) is 54.6 Å². The molecule has 1 N–H and O–H groups in total. The molecule has 0 atom stereocenters. The number of nitrogens with one attached hydrogen (secondary N) is 1. The minimum Gasteiger partial charge on any atom is -0.486 e. The van der Waals surface area contributed by atoms with E-state index in [1.807, 2.05) is 42.5 Å². The van der Waals surface area contributed by atoms with Crippen LogP contribution in [0.5, 0.6) is 11.5 Å². The summed E-state index contributed by atoms with van der Waals surface area (Å²) in [4.78, 5) is 14.9. The van der Waals surface area contributed by atoms with Crippen LogP contribution in [0.15, 0.2) is 112 Å². The zero-order valence-electron chi connectivity index (χ0n) is 20.0. The molecule has 0 spiro atoms. The highest BCUT2D eigenvalue weighted by Gasteiger charge is 2.29. The van der Waals surface area contributed by atoms with Crippen LogP contribution in [0.2, 0.25) is 0 Å². The minimum absolute atomic E-state index is 0.0157. The molecule has 0 aliphatic carbocycles. The van der Waals surface area contributed by atoms with Crippen molar-refractivity contribution in [1.82, 2.24) is 0 Å². The number of carbonyl (C=O) groups is 1. The highest BCUT2D eigenvalue weighted by atomic mass is 32.2. The average molecular weight is 551 g/mol. The molecule has 1 aliphatic heterocycles. The minimum atomic E-state index is -4.29. The van der Waals surface area contributed by atoms with Gasteiger partial charge >= 0.3 is 0 Å². The first-order chi connectivity index (χ1) is 18.4. The largest absolute Gasteiger partial charge is 0.486 e. The van der Waals surface area contributed by atoms with Crippen LogP contribution in [0, 0.1) is 5.82 Å². The number of benzene rings is 4. The van der Waals surface area contributed by atoms with E-state index in [4.69, 9.17) is 9.47 Å². The monoisotopic (exact) mass is 550 g/mol. The lowest BCUT2D eigenvalue weighted by molar-refractivity contribution is -0.114. The fourth-order valence-corrected chi connectivity index (χ4v) is 6.20. The van der Waals surface area contributed by atoms with E-state index >= 15 is 0 Å². The maximum atomic E-state index is 14.1. The molecule has 7 nitrogen and oxygen atoms in total. The van der Waals surface area contributed by atoms with E-state index in [0.29, 0.717) is 18.0 Å². The van der Waals surface area contributed by atoms with Crippen molar-refractivity contribution in [2.75, 3.05) is 29.4 Å². The number of ether oxygens (including phenoxy) is 2. The van der Waals surface area contributed by atoms with Gasteiger partial charge in [-0.2, -0.15) is 0 Å². The Hall–Kier alpha value is -4.02. The summed E-state index contributed by atoms with van der Waals surface area (Å²) in [5, 5.41) is 2.81. The normalized spacial score (nSPS) is 12.6. The summed E-state index contributed by atoms with van der Waals surface area (Å²) < 4.78 is 53.5. The summed E-state index contributed by atoms with van der Waals surface area (Å²) in [7, 11) is -4.29. The summed E-state index contributed by atoms with van der Waals surface area (Å²) in [6, 6.07) is 26.2. The number of anilines is 2. The third-order valence-electron chi connectivity index (χ3n) is 5.62. The van der Waals surface area contributed by atoms with Crippen LogP contribution in [0.25, 0.3) is 0 Å². The molecule has 1 heterocycles. The van der Waals surface area contributed by atoms with Gasteiger partial charge in [0.1, 0.15) is 25.6 Å². The molecule has 38 heavy (non-hydrogen) atoms. The van der Waals surface area contributed by atoms with Gasteiger partial charge in [0.15, 0.2) is 11.5 Å². The predicted octanol–water partition coefficient (Wildman–Crippen LogP) is 5.58. The number of hydrogen-bond acceptors (Lipinski definition) is 6. The van der Waals surface area contributed by atoms with Crippen LogP contribution in [0.4, 0.5) is 15.8 Å². The fraction of sp³-hybridized carbons (Fsp3) is 0.107. The maximum absolute atomic E-state index is 14.1. The quantitative estimate of drug-likeness (QED) is 0.308. The number of halogens is 1. The Bertz CT molecular complexity index is 1560. The summed E-state index contributed by atoms with van der Waals surface area (Å²) in [6.45, 7) is 0.0657. The van der Waals surface area contributed by atoms with Crippen molar-refractivity contribution in [3.63, 3.8) is 0 Å². The smallest absolute Gasteiger partial charge is 0.264 e. The number of rotatable bonds is 8. The van der Waals surface area contributed by atoms with Crippen LogP contribution in [0.1, 0.15) is 0 Å². The Morgan fingerprint density at radius 1 is 0.868 bits per heavy atom. The molecule has 0 radical (unpaired) electrons. The Morgan fingerprint density at radius 3 is 2.39 bits per heavy atom. The lowest BCUT2D eigenvalue weighted by Crippen LogP contribution is -2.38. The number of amides is 1. The molecule has 1 amide bonds. The molecule has 0 fully saturated rings. The molecular formula is C28H23FN2O5S2. The topological polar surface area (TPSA) is 84.9 Å².